The predicted molar refractivity (Wildman–Crippen MR) is 187 cm³/mol. The van der Waals surface area contributed by atoms with Gasteiger partial charge >= 0.3 is 10.4 Å². The predicted octanol–water partition coefficient (Wildman–Crippen LogP) is 4.23. The van der Waals surface area contributed by atoms with E-state index in [9.17, 15) is 38.7 Å². The van der Waals surface area contributed by atoms with E-state index in [0.29, 0.717) is 19.3 Å². The average molecular weight is 726 g/mol. The molecule has 0 saturated carbocycles. The molecule has 0 aromatic rings. The molecule has 1 aliphatic heterocycles. The van der Waals surface area contributed by atoms with Crippen LogP contribution in [0.15, 0.2) is 12.2 Å². The van der Waals surface area contributed by atoms with E-state index in [1.165, 1.54) is 44.9 Å². The summed E-state index contributed by atoms with van der Waals surface area (Å²) in [6, 6.07) is -1.03. The Balaban J connectivity index is 2.58. The van der Waals surface area contributed by atoms with Gasteiger partial charge in [0.05, 0.1) is 25.4 Å². The van der Waals surface area contributed by atoms with Gasteiger partial charge in [-0.1, -0.05) is 116 Å². The molecule has 8 unspecified atom stereocenters. The molecule has 8 atom stereocenters. The zero-order chi connectivity index (χ0) is 36.5. The van der Waals surface area contributed by atoms with Crippen molar-refractivity contribution in [3.8, 4) is 0 Å². The summed E-state index contributed by atoms with van der Waals surface area (Å²) in [6.07, 6.45) is 13.4. The van der Waals surface area contributed by atoms with Gasteiger partial charge in [-0.2, -0.15) is 8.42 Å². The number of nitrogens with one attached hydrogen (secondary N) is 1. The molecule has 0 aromatic heterocycles. The molecule has 1 fully saturated rings. The summed E-state index contributed by atoms with van der Waals surface area (Å²) in [4.78, 5) is 12.9. The molecule has 13 nitrogen and oxygen atoms in total. The maximum Gasteiger partial charge on any atom is 0.397 e. The summed E-state index contributed by atoms with van der Waals surface area (Å²) in [5.41, 5.74) is 0. The van der Waals surface area contributed by atoms with Crippen LogP contribution in [0.5, 0.6) is 0 Å². The number of allylic oxidation sites excluding steroid dienone is 2. The van der Waals surface area contributed by atoms with Gasteiger partial charge in [-0.25, -0.2) is 4.18 Å². The Hall–Kier alpha value is -1.20. The molecule has 14 heteroatoms. The topological polar surface area (TPSA) is 212 Å². The number of aliphatic hydroxyl groups excluding tert-OH is 5. The van der Waals surface area contributed by atoms with Crippen molar-refractivity contribution in [2.24, 2.45) is 0 Å². The summed E-state index contributed by atoms with van der Waals surface area (Å²) in [7, 11) is -5.10. The SMILES string of the molecule is CCCCCCCCC/C=C\CCCCCCC(O)C(=O)NC(COC1OC(CO)C(O)C(OS(=O)(=O)O)C1O)C(O)CCCCCCC. The van der Waals surface area contributed by atoms with Gasteiger partial charge in [-0.05, 0) is 38.5 Å². The Morgan fingerprint density at radius 3 is 1.84 bits per heavy atom. The summed E-state index contributed by atoms with van der Waals surface area (Å²) in [5, 5.41) is 54.6. The number of unbranched alkanes of at least 4 members (excludes halogenated alkanes) is 15. The molecule has 1 saturated heterocycles. The lowest BCUT2D eigenvalue weighted by molar-refractivity contribution is -0.298. The van der Waals surface area contributed by atoms with Crippen LogP contribution in [0.4, 0.5) is 0 Å². The van der Waals surface area contributed by atoms with Gasteiger partial charge in [0, 0.05) is 0 Å². The summed E-state index contributed by atoms with van der Waals surface area (Å²) >= 11 is 0. The lowest BCUT2D eigenvalue weighted by Gasteiger charge is -2.41. The number of rotatable bonds is 30. The van der Waals surface area contributed by atoms with Crippen molar-refractivity contribution < 1.29 is 57.0 Å². The van der Waals surface area contributed by atoms with Crippen LogP contribution in [-0.2, 0) is 28.9 Å². The third kappa shape index (κ3) is 21.0. The molecule has 0 radical (unpaired) electrons. The molecule has 1 aliphatic rings. The molecule has 0 aromatic carbocycles. The summed E-state index contributed by atoms with van der Waals surface area (Å²) in [6.45, 7) is 3.11. The summed E-state index contributed by atoms with van der Waals surface area (Å²) in [5.74, 6) is -0.687. The normalized spacial score (nSPS) is 23.5. The second-order valence-corrected chi connectivity index (χ2v) is 14.4. The van der Waals surface area contributed by atoms with Crippen LogP contribution in [0, 0.1) is 0 Å². The molecular formula is C35H67NO12S. The van der Waals surface area contributed by atoms with Crippen molar-refractivity contribution in [3.05, 3.63) is 12.2 Å². The lowest BCUT2D eigenvalue weighted by atomic mass is 9.99. The number of aliphatic hydroxyl groups is 5. The molecule has 0 spiro atoms. The quantitative estimate of drug-likeness (QED) is 0.0315. The Labute approximate surface area is 294 Å². The third-order valence-electron chi connectivity index (χ3n) is 8.93. The summed E-state index contributed by atoms with van der Waals surface area (Å²) < 4.78 is 47.0. The average Bonchev–Trinajstić information content (AvgIpc) is 3.06. The van der Waals surface area contributed by atoms with Crippen LogP contribution in [0.3, 0.4) is 0 Å². The zero-order valence-electron chi connectivity index (χ0n) is 29.9. The largest absolute Gasteiger partial charge is 0.397 e. The van der Waals surface area contributed by atoms with Gasteiger partial charge < -0.3 is 40.3 Å². The number of carbonyl (C=O) groups is 1. The lowest BCUT2D eigenvalue weighted by Crippen LogP contribution is -2.61. The Kier molecular flexibility index (Phi) is 25.7. The Morgan fingerprint density at radius 1 is 0.796 bits per heavy atom. The minimum Gasteiger partial charge on any atom is -0.394 e. The smallest absolute Gasteiger partial charge is 0.394 e. The molecule has 7 N–H and O–H groups in total. The Morgan fingerprint density at radius 2 is 1.31 bits per heavy atom. The molecule has 290 valence electrons. The van der Waals surface area contributed by atoms with Crippen LogP contribution in [0.1, 0.15) is 142 Å². The molecule has 1 amide bonds. The Bertz CT molecular complexity index is 968. The van der Waals surface area contributed by atoms with Crippen molar-refractivity contribution in [1.29, 1.82) is 0 Å². The van der Waals surface area contributed by atoms with E-state index in [0.717, 1.165) is 57.8 Å². The third-order valence-corrected chi connectivity index (χ3v) is 9.40. The zero-order valence-corrected chi connectivity index (χ0v) is 30.7. The van der Waals surface area contributed by atoms with Crippen LogP contribution in [-0.4, -0.2) is 107 Å². The van der Waals surface area contributed by atoms with E-state index < -0.39 is 78.5 Å². The minimum atomic E-state index is -5.10. The van der Waals surface area contributed by atoms with Crippen molar-refractivity contribution in [1.82, 2.24) is 5.32 Å². The fourth-order valence-electron chi connectivity index (χ4n) is 5.87. The van der Waals surface area contributed by atoms with E-state index in [2.05, 4.69) is 35.5 Å². The number of hydrogen-bond donors (Lipinski definition) is 7. The molecule has 0 bridgehead atoms. The molecule has 49 heavy (non-hydrogen) atoms. The van der Waals surface area contributed by atoms with Crippen molar-refractivity contribution >= 4 is 16.3 Å². The number of carbonyl (C=O) groups excluding carboxylic acids is 1. The number of amides is 1. The van der Waals surface area contributed by atoms with E-state index in [4.69, 9.17) is 14.0 Å². The van der Waals surface area contributed by atoms with Gasteiger partial charge in [0.2, 0.25) is 5.91 Å². The van der Waals surface area contributed by atoms with Gasteiger partial charge in [0.15, 0.2) is 6.29 Å². The van der Waals surface area contributed by atoms with Crippen LogP contribution in [0.2, 0.25) is 0 Å². The first-order valence-corrected chi connectivity index (χ1v) is 20.0. The highest BCUT2D eigenvalue weighted by Gasteiger charge is 2.48. The van der Waals surface area contributed by atoms with Crippen LogP contribution >= 0.6 is 0 Å². The minimum absolute atomic E-state index is 0.246. The fourth-order valence-corrected chi connectivity index (χ4v) is 6.38. The number of hydrogen-bond acceptors (Lipinski definition) is 11. The standard InChI is InChI=1S/C35H67NO12S/c1-3-5-7-9-10-11-12-13-14-15-16-17-18-20-22-24-29(39)34(42)36-27(28(38)23-21-19-8-6-4-2)26-46-35-32(41)33(48-49(43,44)45)31(40)30(25-37)47-35/h14-15,27-33,35,37-41H,3-13,16-26H2,1-2H3,(H,36,42)(H,43,44,45)/b15-14-. The molecule has 1 heterocycles. The van der Waals surface area contributed by atoms with Gasteiger partial charge in [0.1, 0.15) is 30.5 Å². The van der Waals surface area contributed by atoms with Crippen molar-refractivity contribution in [2.45, 2.75) is 191 Å². The highest BCUT2D eigenvalue weighted by atomic mass is 32.3. The van der Waals surface area contributed by atoms with E-state index in [1.807, 2.05) is 0 Å². The second-order valence-electron chi connectivity index (χ2n) is 13.3. The van der Waals surface area contributed by atoms with Crippen molar-refractivity contribution in [3.63, 3.8) is 0 Å². The fraction of sp³-hybridized carbons (Fsp3) is 0.914. The molecular weight excluding hydrogens is 658 g/mol. The van der Waals surface area contributed by atoms with Crippen molar-refractivity contribution in [2.75, 3.05) is 13.2 Å². The van der Waals surface area contributed by atoms with E-state index in [-0.39, 0.29) is 6.42 Å². The monoisotopic (exact) mass is 725 g/mol. The molecule has 0 aliphatic carbocycles. The maximum atomic E-state index is 12.9. The first-order valence-electron chi connectivity index (χ1n) is 18.7. The first-order chi connectivity index (χ1) is 23.4. The number of ether oxygens (including phenoxy) is 2. The van der Waals surface area contributed by atoms with E-state index >= 15 is 0 Å². The van der Waals surface area contributed by atoms with Gasteiger partial charge in [0.25, 0.3) is 0 Å². The van der Waals surface area contributed by atoms with Gasteiger partial charge in [-0.15, -0.1) is 0 Å². The van der Waals surface area contributed by atoms with Gasteiger partial charge in [-0.3, -0.25) is 9.35 Å². The second kappa shape index (κ2) is 27.5. The maximum absolute atomic E-state index is 12.9. The van der Waals surface area contributed by atoms with Crippen LogP contribution in [0.25, 0.3) is 0 Å². The highest BCUT2D eigenvalue weighted by Crippen LogP contribution is 2.26. The van der Waals surface area contributed by atoms with E-state index in [1.54, 1.807) is 0 Å². The molecule has 1 rings (SSSR count). The highest BCUT2D eigenvalue weighted by molar-refractivity contribution is 7.80. The first kappa shape index (κ1) is 45.8. The van der Waals surface area contributed by atoms with Crippen LogP contribution < -0.4 is 5.32 Å².